The van der Waals surface area contributed by atoms with Crippen molar-refractivity contribution < 1.29 is 4.52 Å². The average molecular weight is 313 g/mol. The van der Waals surface area contributed by atoms with Crippen LogP contribution in [-0.4, -0.2) is 14.9 Å². The van der Waals surface area contributed by atoms with Crippen LogP contribution < -0.4 is 5.32 Å². The molecule has 0 saturated carbocycles. The molecule has 0 aromatic carbocycles. The molecule has 0 amide bonds. The van der Waals surface area contributed by atoms with Gasteiger partial charge in [0.2, 0.25) is 0 Å². The highest BCUT2D eigenvalue weighted by molar-refractivity contribution is 9.10. The lowest BCUT2D eigenvalue weighted by Gasteiger charge is -1.99. The van der Waals surface area contributed by atoms with Crippen molar-refractivity contribution in [3.8, 4) is 0 Å². The van der Waals surface area contributed by atoms with Gasteiger partial charge >= 0.3 is 0 Å². The largest absolute Gasteiger partial charge is 0.360 e. The van der Waals surface area contributed by atoms with E-state index in [9.17, 15) is 0 Å². The Morgan fingerprint density at radius 1 is 1.44 bits per heavy atom. The summed E-state index contributed by atoms with van der Waals surface area (Å²) < 4.78 is 8.05. The first kappa shape index (κ1) is 13.3. The van der Waals surface area contributed by atoms with E-state index in [4.69, 9.17) is 4.52 Å². The lowest BCUT2D eigenvalue weighted by molar-refractivity contribution is 0.365. The van der Waals surface area contributed by atoms with Gasteiger partial charge in [-0.15, -0.1) is 0 Å². The highest BCUT2D eigenvalue weighted by Crippen LogP contribution is 2.15. The van der Waals surface area contributed by atoms with Gasteiger partial charge in [-0.3, -0.25) is 4.68 Å². The molecule has 0 aliphatic rings. The molecule has 98 valence electrons. The number of nitrogens with one attached hydrogen (secondary N) is 1. The smallest absolute Gasteiger partial charge is 0.150 e. The van der Waals surface area contributed by atoms with Crippen LogP contribution in [0.1, 0.15) is 36.9 Å². The molecule has 0 saturated heterocycles. The fourth-order valence-corrected chi connectivity index (χ4v) is 2.13. The van der Waals surface area contributed by atoms with Crippen LogP contribution in [-0.2, 0) is 20.1 Å². The van der Waals surface area contributed by atoms with E-state index in [-0.39, 0.29) is 0 Å². The Labute approximate surface area is 115 Å². The van der Waals surface area contributed by atoms with Crippen LogP contribution >= 0.6 is 15.9 Å². The molecule has 0 fully saturated rings. The average Bonchev–Trinajstić information content (AvgIpc) is 2.87. The summed E-state index contributed by atoms with van der Waals surface area (Å²) >= 11 is 3.47. The van der Waals surface area contributed by atoms with Crippen LogP contribution in [0, 0.1) is 0 Å². The molecule has 0 aliphatic heterocycles. The first-order valence-corrected chi connectivity index (χ1v) is 6.69. The van der Waals surface area contributed by atoms with Crippen molar-refractivity contribution in [1.29, 1.82) is 0 Å². The molecule has 0 bridgehead atoms. The topological polar surface area (TPSA) is 55.9 Å². The number of nitrogens with zero attached hydrogens (tertiary/aromatic N) is 3. The van der Waals surface area contributed by atoms with Gasteiger partial charge in [-0.1, -0.05) is 19.0 Å². The highest BCUT2D eigenvalue weighted by atomic mass is 79.9. The van der Waals surface area contributed by atoms with E-state index >= 15 is 0 Å². The summed E-state index contributed by atoms with van der Waals surface area (Å²) in [4.78, 5) is 0. The van der Waals surface area contributed by atoms with E-state index in [0.717, 1.165) is 21.6 Å². The fraction of sp³-hybridized carbons (Fsp3) is 0.500. The van der Waals surface area contributed by atoms with Crippen molar-refractivity contribution in [2.24, 2.45) is 7.05 Å². The number of aryl methyl sites for hydroxylation is 1. The van der Waals surface area contributed by atoms with Crippen LogP contribution in [0.25, 0.3) is 0 Å². The van der Waals surface area contributed by atoms with Crippen LogP contribution in [0.5, 0.6) is 0 Å². The first-order chi connectivity index (χ1) is 8.56. The van der Waals surface area contributed by atoms with E-state index in [2.05, 4.69) is 45.3 Å². The second-order valence-electron chi connectivity index (χ2n) is 4.57. The molecule has 18 heavy (non-hydrogen) atoms. The maximum absolute atomic E-state index is 5.25. The second kappa shape index (κ2) is 5.67. The van der Waals surface area contributed by atoms with E-state index in [1.807, 2.05) is 19.3 Å². The van der Waals surface area contributed by atoms with Gasteiger partial charge in [0.25, 0.3) is 0 Å². The summed E-state index contributed by atoms with van der Waals surface area (Å²) in [5.74, 6) is 1.25. The highest BCUT2D eigenvalue weighted by Gasteiger charge is 2.08. The Balaban J connectivity index is 1.86. The van der Waals surface area contributed by atoms with Crippen molar-refractivity contribution in [2.75, 3.05) is 0 Å². The van der Waals surface area contributed by atoms with E-state index in [1.54, 1.807) is 4.68 Å². The van der Waals surface area contributed by atoms with Crippen LogP contribution in [0.3, 0.4) is 0 Å². The molecule has 0 aliphatic carbocycles. The van der Waals surface area contributed by atoms with Crippen LogP contribution in [0.2, 0.25) is 0 Å². The third kappa shape index (κ3) is 3.20. The number of hydrogen-bond donors (Lipinski definition) is 1. The molecule has 2 rings (SSSR count). The summed E-state index contributed by atoms with van der Waals surface area (Å²) in [5.41, 5.74) is 1.98. The summed E-state index contributed by atoms with van der Waals surface area (Å²) in [5, 5.41) is 11.6. The lowest BCUT2D eigenvalue weighted by Crippen LogP contribution is -2.13. The summed E-state index contributed by atoms with van der Waals surface area (Å²) in [6.07, 6.45) is 1.93. The van der Waals surface area contributed by atoms with Gasteiger partial charge in [0.1, 0.15) is 0 Å². The molecule has 0 spiro atoms. The van der Waals surface area contributed by atoms with Gasteiger partial charge in [-0.2, -0.15) is 5.10 Å². The van der Waals surface area contributed by atoms with E-state index in [1.165, 1.54) is 0 Å². The quantitative estimate of drug-likeness (QED) is 0.922. The maximum atomic E-state index is 5.25. The molecule has 2 heterocycles. The van der Waals surface area contributed by atoms with Crippen molar-refractivity contribution in [3.63, 3.8) is 0 Å². The second-order valence-corrected chi connectivity index (χ2v) is 5.43. The van der Waals surface area contributed by atoms with Crippen LogP contribution in [0.4, 0.5) is 0 Å². The Hall–Kier alpha value is -1.14. The number of hydrogen-bond acceptors (Lipinski definition) is 4. The SMILES string of the molecule is CC(C)c1cc(CNCc2nn(C)cc2Br)on1. The zero-order chi connectivity index (χ0) is 13.1. The molecule has 2 aromatic rings. The Morgan fingerprint density at radius 2 is 2.22 bits per heavy atom. The van der Waals surface area contributed by atoms with Gasteiger partial charge in [-0.25, -0.2) is 0 Å². The number of halogens is 1. The minimum atomic E-state index is 0.396. The molecule has 0 unspecified atom stereocenters. The maximum Gasteiger partial charge on any atom is 0.150 e. The summed E-state index contributed by atoms with van der Waals surface area (Å²) in [7, 11) is 1.90. The lowest BCUT2D eigenvalue weighted by atomic mass is 10.1. The molecule has 0 atom stereocenters. The minimum Gasteiger partial charge on any atom is -0.360 e. The predicted octanol–water partition coefficient (Wildman–Crippen LogP) is 2.58. The standard InChI is InChI=1S/C12H17BrN4O/c1-8(2)11-4-9(18-16-11)5-14-6-12-10(13)7-17(3)15-12/h4,7-8,14H,5-6H2,1-3H3. The molecule has 2 aromatic heterocycles. The van der Waals surface area contributed by atoms with Crippen molar-refractivity contribution in [2.45, 2.75) is 32.9 Å². The van der Waals surface area contributed by atoms with Crippen LogP contribution in [0.15, 0.2) is 21.3 Å². The normalized spacial score (nSPS) is 11.4. The van der Waals surface area contributed by atoms with Gasteiger partial charge in [0.05, 0.1) is 22.4 Å². The summed E-state index contributed by atoms with van der Waals surface area (Å²) in [6.45, 7) is 5.54. The summed E-state index contributed by atoms with van der Waals surface area (Å²) in [6, 6.07) is 1.99. The Bertz CT molecular complexity index is 518. The monoisotopic (exact) mass is 312 g/mol. The number of rotatable bonds is 5. The molecule has 6 heteroatoms. The molecular weight excluding hydrogens is 296 g/mol. The fourth-order valence-electron chi connectivity index (χ4n) is 1.61. The molecule has 5 nitrogen and oxygen atoms in total. The van der Waals surface area contributed by atoms with Gasteiger partial charge in [0, 0.05) is 25.9 Å². The van der Waals surface area contributed by atoms with Gasteiger partial charge in [-0.05, 0) is 21.8 Å². The van der Waals surface area contributed by atoms with E-state index < -0.39 is 0 Å². The predicted molar refractivity (Wildman–Crippen MR) is 72.0 cm³/mol. The Morgan fingerprint density at radius 3 is 2.78 bits per heavy atom. The third-order valence-corrected chi connectivity index (χ3v) is 3.28. The first-order valence-electron chi connectivity index (χ1n) is 5.90. The van der Waals surface area contributed by atoms with Crippen molar-refractivity contribution >= 4 is 15.9 Å². The third-order valence-electron chi connectivity index (χ3n) is 2.61. The molecular formula is C12H17BrN4O. The zero-order valence-electron chi connectivity index (χ0n) is 10.8. The van der Waals surface area contributed by atoms with Gasteiger partial charge < -0.3 is 9.84 Å². The van der Waals surface area contributed by atoms with Crippen molar-refractivity contribution in [1.82, 2.24) is 20.3 Å². The Kier molecular flexibility index (Phi) is 4.19. The minimum absolute atomic E-state index is 0.396. The van der Waals surface area contributed by atoms with Gasteiger partial charge in [0.15, 0.2) is 5.76 Å². The van der Waals surface area contributed by atoms with E-state index in [0.29, 0.717) is 19.0 Å². The molecule has 0 radical (unpaired) electrons. The zero-order valence-corrected chi connectivity index (χ0v) is 12.4. The molecule has 1 N–H and O–H groups in total. The van der Waals surface area contributed by atoms with Crippen molar-refractivity contribution in [3.05, 3.63) is 33.9 Å². The number of aromatic nitrogens is 3.